The molecule has 0 aliphatic carbocycles. The van der Waals surface area contributed by atoms with E-state index in [1.807, 2.05) is 0 Å². The van der Waals surface area contributed by atoms with Gasteiger partial charge in [-0.1, -0.05) is 13.5 Å². The fourth-order valence-electron chi connectivity index (χ4n) is 1.18. The van der Waals surface area contributed by atoms with Crippen LogP contribution < -0.4 is 0 Å². The maximum Gasteiger partial charge on any atom is 0.330 e. The summed E-state index contributed by atoms with van der Waals surface area (Å²) in [5.74, 6) is -1.84. The maximum absolute atomic E-state index is 11.3. The van der Waals surface area contributed by atoms with Gasteiger partial charge >= 0.3 is 17.9 Å². The van der Waals surface area contributed by atoms with E-state index in [4.69, 9.17) is 14.6 Å². The van der Waals surface area contributed by atoms with Crippen molar-refractivity contribution in [1.82, 2.24) is 0 Å². The highest BCUT2D eigenvalue weighted by Crippen LogP contribution is 2.04. The van der Waals surface area contributed by atoms with Crippen molar-refractivity contribution in [2.75, 3.05) is 13.2 Å². The van der Waals surface area contributed by atoms with Crippen LogP contribution in [-0.4, -0.2) is 36.2 Å². The van der Waals surface area contributed by atoms with E-state index in [1.165, 1.54) is 0 Å². The van der Waals surface area contributed by atoms with Crippen LogP contribution in [0.4, 0.5) is 0 Å². The molecule has 0 aromatic heterocycles. The van der Waals surface area contributed by atoms with E-state index >= 15 is 0 Å². The number of carboxylic acid groups (broad SMARTS) is 1. The predicted molar refractivity (Wildman–Crippen MR) is 67.4 cm³/mol. The van der Waals surface area contributed by atoms with Crippen LogP contribution in [0, 0.1) is 5.92 Å². The summed E-state index contributed by atoms with van der Waals surface area (Å²) in [6.07, 6.45) is 2.27. The zero-order chi connectivity index (χ0) is 14.7. The number of carbonyl (C=O) groups is 3. The monoisotopic (exact) mass is 272 g/mol. The van der Waals surface area contributed by atoms with E-state index in [9.17, 15) is 14.4 Å². The Morgan fingerprint density at radius 1 is 1.16 bits per heavy atom. The highest BCUT2D eigenvalue weighted by molar-refractivity contribution is 5.81. The first-order valence-electron chi connectivity index (χ1n) is 6.12. The van der Waals surface area contributed by atoms with Crippen molar-refractivity contribution in [1.29, 1.82) is 0 Å². The summed E-state index contributed by atoms with van der Waals surface area (Å²) in [5, 5.41) is 8.41. The largest absolute Gasteiger partial charge is 0.481 e. The lowest BCUT2D eigenvalue weighted by molar-refractivity contribution is -0.147. The highest BCUT2D eigenvalue weighted by Gasteiger charge is 2.09. The predicted octanol–water partition coefficient (Wildman–Crippen LogP) is 1.54. The fourth-order valence-corrected chi connectivity index (χ4v) is 1.18. The number of carbonyl (C=O) groups excluding carboxylic acids is 2. The Balaban J connectivity index is 3.58. The molecule has 0 aromatic carbocycles. The Morgan fingerprint density at radius 2 is 1.74 bits per heavy atom. The molecule has 0 rings (SSSR count). The number of carboxylic acids is 1. The Bertz CT molecular complexity index is 323. The summed E-state index contributed by atoms with van der Waals surface area (Å²) in [6.45, 7) is 5.38. The zero-order valence-electron chi connectivity index (χ0n) is 11.1. The van der Waals surface area contributed by atoms with Crippen molar-refractivity contribution in [3.05, 3.63) is 12.7 Å². The Labute approximate surface area is 112 Å². The second kappa shape index (κ2) is 10.1. The van der Waals surface area contributed by atoms with Gasteiger partial charge in [-0.05, 0) is 12.8 Å². The van der Waals surface area contributed by atoms with Gasteiger partial charge in [0.2, 0.25) is 0 Å². The van der Waals surface area contributed by atoms with E-state index in [2.05, 4.69) is 6.58 Å². The molecule has 0 spiro atoms. The third kappa shape index (κ3) is 11.0. The number of esters is 2. The third-order valence-corrected chi connectivity index (χ3v) is 2.23. The fraction of sp³-hybridized carbons (Fsp3) is 0.615. The number of aliphatic carboxylic acids is 1. The van der Waals surface area contributed by atoms with Gasteiger partial charge in [0.15, 0.2) is 0 Å². The summed E-state index contributed by atoms with van der Waals surface area (Å²) < 4.78 is 9.77. The summed E-state index contributed by atoms with van der Waals surface area (Å²) in [5.41, 5.74) is 0. The minimum atomic E-state index is -0.869. The molecular formula is C13H20O6. The molecule has 6 heteroatoms. The topological polar surface area (TPSA) is 89.9 Å². The van der Waals surface area contributed by atoms with Crippen LogP contribution in [-0.2, 0) is 23.9 Å². The molecule has 19 heavy (non-hydrogen) atoms. The molecule has 0 fully saturated rings. The Hall–Kier alpha value is -1.85. The molecular weight excluding hydrogens is 252 g/mol. The lowest BCUT2D eigenvalue weighted by Gasteiger charge is -2.11. The quantitative estimate of drug-likeness (QED) is 0.368. The number of hydrogen-bond donors (Lipinski definition) is 1. The van der Waals surface area contributed by atoms with Crippen molar-refractivity contribution >= 4 is 17.9 Å². The van der Waals surface area contributed by atoms with Crippen LogP contribution in [0.25, 0.3) is 0 Å². The van der Waals surface area contributed by atoms with Gasteiger partial charge in [0.1, 0.15) is 0 Å². The van der Waals surface area contributed by atoms with Gasteiger partial charge in [0, 0.05) is 24.8 Å². The molecule has 0 aliphatic rings. The summed E-state index contributed by atoms with van der Waals surface area (Å²) in [7, 11) is 0. The molecule has 0 aromatic rings. The molecule has 1 unspecified atom stereocenters. The first-order chi connectivity index (χ1) is 8.95. The lowest BCUT2D eigenvalue weighted by atomic mass is 10.2. The van der Waals surface area contributed by atoms with Gasteiger partial charge in [0.05, 0.1) is 13.2 Å². The SMILES string of the molecule is C=CC(=O)OCC(C)COC(=O)CCCCC(=O)O. The first kappa shape index (κ1) is 17.2. The molecule has 0 heterocycles. The number of hydrogen-bond acceptors (Lipinski definition) is 5. The van der Waals surface area contributed by atoms with E-state index in [1.54, 1.807) is 6.92 Å². The molecule has 108 valence electrons. The second-order valence-corrected chi connectivity index (χ2v) is 4.22. The van der Waals surface area contributed by atoms with Crippen LogP contribution in [0.15, 0.2) is 12.7 Å². The number of rotatable bonds is 10. The molecule has 0 bridgehead atoms. The summed E-state index contributed by atoms with van der Waals surface area (Å²) >= 11 is 0. The average molecular weight is 272 g/mol. The zero-order valence-corrected chi connectivity index (χ0v) is 11.1. The molecule has 6 nitrogen and oxygen atoms in total. The van der Waals surface area contributed by atoms with E-state index < -0.39 is 11.9 Å². The first-order valence-corrected chi connectivity index (χ1v) is 6.12. The van der Waals surface area contributed by atoms with Crippen molar-refractivity contribution in [3.63, 3.8) is 0 Å². The second-order valence-electron chi connectivity index (χ2n) is 4.22. The standard InChI is InChI=1S/C13H20O6/c1-3-12(16)18-8-10(2)9-19-13(17)7-5-4-6-11(14)15/h3,10H,1,4-9H2,2H3,(H,14,15). The van der Waals surface area contributed by atoms with E-state index in [0.717, 1.165) is 6.08 Å². The van der Waals surface area contributed by atoms with Gasteiger partial charge in [-0.25, -0.2) is 4.79 Å². The van der Waals surface area contributed by atoms with Crippen LogP contribution >= 0.6 is 0 Å². The highest BCUT2D eigenvalue weighted by atomic mass is 16.5. The summed E-state index contributed by atoms with van der Waals surface area (Å²) in [4.78, 5) is 32.3. The van der Waals surface area contributed by atoms with Gasteiger partial charge in [0.25, 0.3) is 0 Å². The van der Waals surface area contributed by atoms with E-state index in [0.29, 0.717) is 12.8 Å². The van der Waals surface area contributed by atoms with Gasteiger partial charge in [-0.3, -0.25) is 9.59 Å². The van der Waals surface area contributed by atoms with Crippen molar-refractivity contribution in [3.8, 4) is 0 Å². The maximum atomic E-state index is 11.3. The lowest BCUT2D eigenvalue weighted by Crippen LogP contribution is -2.17. The molecule has 0 saturated heterocycles. The minimum Gasteiger partial charge on any atom is -0.481 e. The number of unbranched alkanes of at least 4 members (excludes halogenated alkanes) is 1. The van der Waals surface area contributed by atoms with Crippen molar-refractivity contribution in [2.45, 2.75) is 32.6 Å². The smallest absolute Gasteiger partial charge is 0.330 e. The van der Waals surface area contributed by atoms with Crippen LogP contribution in [0.3, 0.4) is 0 Å². The third-order valence-electron chi connectivity index (χ3n) is 2.23. The van der Waals surface area contributed by atoms with Gasteiger partial charge < -0.3 is 14.6 Å². The molecule has 0 aliphatic heterocycles. The van der Waals surface area contributed by atoms with Crippen LogP contribution in [0.2, 0.25) is 0 Å². The minimum absolute atomic E-state index is 0.0567. The normalized spacial score (nSPS) is 11.4. The molecule has 0 saturated carbocycles. The Kier molecular flexibility index (Phi) is 9.12. The summed E-state index contributed by atoms with van der Waals surface area (Å²) in [6, 6.07) is 0. The van der Waals surface area contributed by atoms with Crippen molar-refractivity contribution in [2.24, 2.45) is 5.92 Å². The molecule has 1 N–H and O–H groups in total. The van der Waals surface area contributed by atoms with Crippen LogP contribution in [0.1, 0.15) is 32.6 Å². The van der Waals surface area contributed by atoms with Gasteiger partial charge in [-0.15, -0.1) is 0 Å². The molecule has 0 amide bonds. The average Bonchev–Trinajstić information content (AvgIpc) is 2.38. The van der Waals surface area contributed by atoms with Crippen molar-refractivity contribution < 1.29 is 29.0 Å². The molecule has 0 radical (unpaired) electrons. The Morgan fingerprint density at radius 3 is 2.32 bits per heavy atom. The van der Waals surface area contributed by atoms with Crippen LogP contribution in [0.5, 0.6) is 0 Å². The molecule has 1 atom stereocenters. The van der Waals surface area contributed by atoms with E-state index in [-0.39, 0.29) is 37.9 Å². The number of ether oxygens (including phenoxy) is 2. The van der Waals surface area contributed by atoms with Gasteiger partial charge in [-0.2, -0.15) is 0 Å².